The molecule has 2 nitrogen and oxygen atoms in total. The smallest absolute Gasteiger partial charge is 0.0697 e. The molecule has 0 aliphatic heterocycles. The molecule has 2 unspecified atom stereocenters. The first kappa shape index (κ1) is 9.01. The maximum atomic E-state index is 5.66. The highest BCUT2D eigenvalue weighted by atomic mass is 16.5. The van der Waals surface area contributed by atoms with Crippen molar-refractivity contribution >= 4 is 0 Å². The Morgan fingerprint density at radius 1 is 1.45 bits per heavy atom. The van der Waals surface area contributed by atoms with Crippen molar-refractivity contribution < 1.29 is 4.74 Å². The van der Waals surface area contributed by atoms with E-state index >= 15 is 0 Å². The van der Waals surface area contributed by atoms with Gasteiger partial charge in [0.2, 0.25) is 0 Å². The van der Waals surface area contributed by atoms with Crippen molar-refractivity contribution in [1.29, 1.82) is 0 Å². The van der Waals surface area contributed by atoms with Gasteiger partial charge >= 0.3 is 0 Å². The molecule has 2 atom stereocenters. The molecule has 0 radical (unpaired) electrons. The summed E-state index contributed by atoms with van der Waals surface area (Å²) in [6.07, 6.45) is 3.10. The lowest BCUT2D eigenvalue weighted by Crippen LogP contribution is -2.34. The summed E-state index contributed by atoms with van der Waals surface area (Å²) < 4.78 is 5.66. The average Bonchev–Trinajstić information content (AvgIpc) is 2.81. The third-order valence-electron chi connectivity index (χ3n) is 2.45. The Labute approximate surface area is 69.3 Å². The highest BCUT2D eigenvalue weighted by Gasteiger charge is 2.23. The molecule has 1 aliphatic rings. The largest absolute Gasteiger partial charge is 0.377 e. The van der Waals surface area contributed by atoms with Crippen molar-refractivity contribution in [2.45, 2.75) is 38.8 Å². The van der Waals surface area contributed by atoms with Crippen LogP contribution in [0.25, 0.3) is 0 Å². The lowest BCUT2D eigenvalue weighted by molar-refractivity contribution is 0.0383. The fraction of sp³-hybridized carbons (Fsp3) is 1.00. The number of rotatable bonds is 5. The van der Waals surface area contributed by atoms with Gasteiger partial charge in [-0.2, -0.15) is 0 Å². The Morgan fingerprint density at radius 2 is 2.09 bits per heavy atom. The number of hydrogen-bond acceptors (Lipinski definition) is 2. The van der Waals surface area contributed by atoms with Gasteiger partial charge in [-0.1, -0.05) is 0 Å². The molecule has 11 heavy (non-hydrogen) atoms. The monoisotopic (exact) mass is 157 g/mol. The van der Waals surface area contributed by atoms with Crippen LogP contribution in [0.1, 0.15) is 26.7 Å². The summed E-state index contributed by atoms with van der Waals surface area (Å²) >= 11 is 0. The molecule has 0 amide bonds. The maximum Gasteiger partial charge on any atom is 0.0697 e. The molecule has 0 aromatic carbocycles. The lowest BCUT2D eigenvalue weighted by Gasteiger charge is -2.19. The van der Waals surface area contributed by atoms with Crippen LogP contribution in [0.4, 0.5) is 0 Å². The van der Waals surface area contributed by atoms with Gasteiger partial charge in [-0.3, -0.25) is 0 Å². The summed E-state index contributed by atoms with van der Waals surface area (Å²) in [5.74, 6) is 0.876. The quantitative estimate of drug-likeness (QED) is 0.651. The standard InChI is InChI=1S/C9H19NO/c1-7(10-3)8(2)11-6-9-4-5-9/h7-10H,4-6H2,1-3H3. The zero-order valence-electron chi connectivity index (χ0n) is 7.76. The van der Waals surface area contributed by atoms with Crippen LogP contribution in [-0.4, -0.2) is 25.8 Å². The fourth-order valence-corrected chi connectivity index (χ4v) is 0.951. The SMILES string of the molecule is CNC(C)C(C)OCC1CC1. The molecule has 0 aromatic heterocycles. The molecule has 0 saturated heterocycles. The van der Waals surface area contributed by atoms with Gasteiger partial charge in [-0.25, -0.2) is 0 Å². The summed E-state index contributed by atoms with van der Waals surface area (Å²) in [4.78, 5) is 0. The summed E-state index contributed by atoms with van der Waals surface area (Å²) in [5, 5.41) is 3.18. The Bertz CT molecular complexity index is 112. The van der Waals surface area contributed by atoms with Crippen LogP contribution >= 0.6 is 0 Å². The normalized spacial score (nSPS) is 23.2. The van der Waals surface area contributed by atoms with Gasteiger partial charge in [-0.05, 0) is 39.7 Å². The van der Waals surface area contributed by atoms with Crippen molar-refractivity contribution in [1.82, 2.24) is 5.32 Å². The molecular formula is C9H19NO. The van der Waals surface area contributed by atoms with Gasteiger partial charge in [0.25, 0.3) is 0 Å². The molecule has 0 bridgehead atoms. The molecule has 66 valence electrons. The third kappa shape index (κ3) is 3.21. The van der Waals surface area contributed by atoms with Crippen LogP contribution in [-0.2, 0) is 4.74 Å². The molecule has 1 rings (SSSR count). The second-order valence-corrected chi connectivity index (χ2v) is 3.56. The molecule has 0 aromatic rings. The van der Waals surface area contributed by atoms with Crippen LogP contribution in [0.2, 0.25) is 0 Å². The van der Waals surface area contributed by atoms with Gasteiger partial charge in [0.1, 0.15) is 0 Å². The van der Waals surface area contributed by atoms with E-state index in [4.69, 9.17) is 4.74 Å². The Kier molecular flexibility index (Phi) is 3.34. The van der Waals surface area contributed by atoms with E-state index in [0.29, 0.717) is 12.1 Å². The Hall–Kier alpha value is -0.0800. The van der Waals surface area contributed by atoms with E-state index in [0.717, 1.165) is 12.5 Å². The number of likely N-dealkylation sites (N-methyl/N-ethyl adjacent to an activating group) is 1. The predicted molar refractivity (Wildman–Crippen MR) is 46.7 cm³/mol. The van der Waals surface area contributed by atoms with Gasteiger partial charge < -0.3 is 10.1 Å². The van der Waals surface area contributed by atoms with E-state index in [-0.39, 0.29) is 0 Å². The minimum atomic E-state index is 0.348. The van der Waals surface area contributed by atoms with E-state index in [1.165, 1.54) is 12.8 Å². The van der Waals surface area contributed by atoms with E-state index < -0.39 is 0 Å². The van der Waals surface area contributed by atoms with Gasteiger partial charge in [-0.15, -0.1) is 0 Å². The average molecular weight is 157 g/mol. The van der Waals surface area contributed by atoms with Gasteiger partial charge in [0.05, 0.1) is 6.10 Å². The Morgan fingerprint density at radius 3 is 2.55 bits per heavy atom. The zero-order chi connectivity index (χ0) is 8.27. The molecule has 1 fully saturated rings. The summed E-state index contributed by atoms with van der Waals surface area (Å²) in [6, 6.07) is 0.466. The lowest BCUT2D eigenvalue weighted by atomic mass is 10.2. The first-order valence-corrected chi connectivity index (χ1v) is 4.53. The minimum Gasteiger partial charge on any atom is -0.377 e. The van der Waals surface area contributed by atoms with Crippen molar-refractivity contribution in [2.24, 2.45) is 5.92 Å². The summed E-state index contributed by atoms with van der Waals surface area (Å²) in [7, 11) is 1.97. The molecule has 0 spiro atoms. The third-order valence-corrected chi connectivity index (χ3v) is 2.45. The number of hydrogen-bond donors (Lipinski definition) is 1. The Balaban J connectivity index is 2.03. The molecule has 1 saturated carbocycles. The van der Waals surface area contributed by atoms with Crippen molar-refractivity contribution in [3.05, 3.63) is 0 Å². The van der Waals surface area contributed by atoms with Crippen LogP contribution in [0.3, 0.4) is 0 Å². The molecule has 0 heterocycles. The number of ether oxygens (including phenoxy) is 1. The topological polar surface area (TPSA) is 21.3 Å². The van der Waals surface area contributed by atoms with Crippen LogP contribution in [0.15, 0.2) is 0 Å². The van der Waals surface area contributed by atoms with E-state index in [2.05, 4.69) is 19.2 Å². The van der Waals surface area contributed by atoms with E-state index in [9.17, 15) is 0 Å². The zero-order valence-corrected chi connectivity index (χ0v) is 7.76. The second-order valence-electron chi connectivity index (χ2n) is 3.56. The molecule has 1 aliphatic carbocycles. The van der Waals surface area contributed by atoms with Crippen LogP contribution in [0, 0.1) is 5.92 Å². The molecule has 1 N–H and O–H groups in total. The second kappa shape index (κ2) is 4.07. The maximum absolute atomic E-state index is 5.66. The summed E-state index contributed by atoms with van der Waals surface area (Å²) in [6.45, 7) is 5.24. The minimum absolute atomic E-state index is 0.348. The highest BCUT2D eigenvalue weighted by Crippen LogP contribution is 2.29. The van der Waals surface area contributed by atoms with E-state index in [1.807, 2.05) is 7.05 Å². The van der Waals surface area contributed by atoms with E-state index in [1.54, 1.807) is 0 Å². The van der Waals surface area contributed by atoms with Crippen LogP contribution in [0.5, 0.6) is 0 Å². The fourth-order valence-electron chi connectivity index (χ4n) is 0.951. The van der Waals surface area contributed by atoms with Gasteiger partial charge in [0.15, 0.2) is 0 Å². The number of nitrogens with one attached hydrogen (secondary N) is 1. The first-order valence-electron chi connectivity index (χ1n) is 4.53. The summed E-state index contributed by atoms with van der Waals surface area (Å²) in [5.41, 5.74) is 0. The van der Waals surface area contributed by atoms with Crippen LogP contribution < -0.4 is 5.32 Å². The predicted octanol–water partition coefficient (Wildman–Crippen LogP) is 1.41. The van der Waals surface area contributed by atoms with Gasteiger partial charge in [0, 0.05) is 12.6 Å². The van der Waals surface area contributed by atoms with Crippen molar-refractivity contribution in [2.75, 3.05) is 13.7 Å². The van der Waals surface area contributed by atoms with Crippen molar-refractivity contribution in [3.63, 3.8) is 0 Å². The first-order chi connectivity index (χ1) is 5.24. The van der Waals surface area contributed by atoms with Crippen molar-refractivity contribution in [3.8, 4) is 0 Å². The highest BCUT2D eigenvalue weighted by molar-refractivity contribution is 4.74. The molecule has 2 heteroatoms. The molecular weight excluding hydrogens is 138 g/mol.